The molecule has 1 aromatic rings. The Bertz CT molecular complexity index is 373. The molecule has 1 nitrogen and oxygen atoms in total. The van der Waals surface area contributed by atoms with Crippen LogP contribution in [0.3, 0.4) is 0 Å². The monoisotopic (exact) mass is 297 g/mol. The molecule has 1 N–H and O–H groups in total. The van der Waals surface area contributed by atoms with E-state index in [0.717, 1.165) is 5.92 Å². The first-order valence-corrected chi connectivity index (χ1v) is 7.22. The molecule has 1 rings (SSSR count). The van der Waals surface area contributed by atoms with Crippen LogP contribution in [0, 0.1) is 19.8 Å². The Kier molecular flexibility index (Phi) is 5.68. The molecule has 0 saturated heterocycles. The van der Waals surface area contributed by atoms with Crippen LogP contribution in [0.15, 0.2) is 16.6 Å². The normalized spacial score (nSPS) is 14.7. The first kappa shape index (κ1) is 14.7. The fourth-order valence-corrected chi connectivity index (χ4v) is 2.61. The minimum absolute atomic E-state index is 0.469. The van der Waals surface area contributed by atoms with Crippen molar-refractivity contribution in [3.8, 4) is 0 Å². The molecule has 17 heavy (non-hydrogen) atoms. The number of hydrogen-bond acceptors (Lipinski definition) is 1. The summed E-state index contributed by atoms with van der Waals surface area (Å²) in [6.45, 7) is 8.94. The van der Waals surface area contributed by atoms with Gasteiger partial charge in [-0.3, -0.25) is 0 Å². The SMILES string of the molecule is CCC(C)CC(NC)c1cc(C)c(Br)cc1C. The van der Waals surface area contributed by atoms with E-state index < -0.39 is 0 Å². The molecule has 0 aromatic heterocycles. The van der Waals surface area contributed by atoms with E-state index in [1.54, 1.807) is 0 Å². The summed E-state index contributed by atoms with van der Waals surface area (Å²) in [7, 11) is 2.06. The Morgan fingerprint density at radius 2 is 1.88 bits per heavy atom. The highest BCUT2D eigenvalue weighted by atomic mass is 79.9. The lowest BCUT2D eigenvalue weighted by Crippen LogP contribution is -2.20. The predicted octanol–water partition coefficient (Wildman–Crippen LogP) is 4.76. The summed E-state index contributed by atoms with van der Waals surface area (Å²) in [5.41, 5.74) is 4.12. The first-order chi connectivity index (χ1) is 7.99. The van der Waals surface area contributed by atoms with E-state index in [9.17, 15) is 0 Å². The molecule has 2 heteroatoms. The fourth-order valence-electron chi connectivity index (χ4n) is 2.15. The Morgan fingerprint density at radius 1 is 1.24 bits per heavy atom. The molecule has 0 radical (unpaired) electrons. The average molecular weight is 298 g/mol. The summed E-state index contributed by atoms with van der Waals surface area (Å²) in [5, 5.41) is 3.46. The summed E-state index contributed by atoms with van der Waals surface area (Å²) < 4.78 is 1.21. The van der Waals surface area contributed by atoms with E-state index >= 15 is 0 Å². The average Bonchev–Trinajstić information content (AvgIpc) is 2.30. The summed E-state index contributed by atoms with van der Waals surface area (Å²) >= 11 is 3.60. The standard InChI is InChI=1S/C15H24BrN/c1-6-10(2)7-15(17-5)13-8-12(4)14(16)9-11(13)3/h8-10,15,17H,6-7H2,1-5H3. The van der Waals surface area contributed by atoms with Crippen LogP contribution < -0.4 is 5.32 Å². The van der Waals surface area contributed by atoms with E-state index in [2.05, 4.69) is 68.1 Å². The van der Waals surface area contributed by atoms with Crippen LogP contribution in [0.4, 0.5) is 0 Å². The van der Waals surface area contributed by atoms with Crippen molar-refractivity contribution in [3.05, 3.63) is 33.3 Å². The third-order valence-electron chi connectivity index (χ3n) is 3.61. The van der Waals surface area contributed by atoms with Gasteiger partial charge in [0.1, 0.15) is 0 Å². The smallest absolute Gasteiger partial charge is 0.0322 e. The number of rotatable bonds is 5. The van der Waals surface area contributed by atoms with Crippen molar-refractivity contribution in [3.63, 3.8) is 0 Å². The molecular weight excluding hydrogens is 274 g/mol. The topological polar surface area (TPSA) is 12.0 Å². The van der Waals surface area contributed by atoms with Crippen molar-refractivity contribution in [1.29, 1.82) is 0 Å². The van der Waals surface area contributed by atoms with Crippen molar-refractivity contribution < 1.29 is 0 Å². The minimum Gasteiger partial charge on any atom is -0.313 e. The van der Waals surface area contributed by atoms with Crippen LogP contribution in [0.1, 0.15) is 49.4 Å². The van der Waals surface area contributed by atoms with Crippen molar-refractivity contribution in [2.24, 2.45) is 5.92 Å². The molecule has 0 heterocycles. The van der Waals surface area contributed by atoms with Gasteiger partial charge in [0.05, 0.1) is 0 Å². The molecule has 0 aliphatic heterocycles. The van der Waals surface area contributed by atoms with Crippen molar-refractivity contribution in [2.45, 2.75) is 46.6 Å². The van der Waals surface area contributed by atoms with Gasteiger partial charge < -0.3 is 5.32 Å². The summed E-state index contributed by atoms with van der Waals surface area (Å²) in [5.74, 6) is 0.760. The van der Waals surface area contributed by atoms with Gasteiger partial charge in [0.25, 0.3) is 0 Å². The van der Waals surface area contributed by atoms with E-state index in [0.29, 0.717) is 6.04 Å². The quantitative estimate of drug-likeness (QED) is 0.826. The van der Waals surface area contributed by atoms with Gasteiger partial charge in [-0.2, -0.15) is 0 Å². The molecule has 1 aromatic carbocycles. The second-order valence-electron chi connectivity index (χ2n) is 5.05. The maximum atomic E-state index is 3.60. The lowest BCUT2D eigenvalue weighted by molar-refractivity contribution is 0.421. The summed E-state index contributed by atoms with van der Waals surface area (Å²) in [6, 6.07) is 5.01. The summed E-state index contributed by atoms with van der Waals surface area (Å²) in [6.07, 6.45) is 2.45. The molecule has 0 fully saturated rings. The third kappa shape index (κ3) is 3.82. The van der Waals surface area contributed by atoms with Gasteiger partial charge in [-0.05, 0) is 56.0 Å². The highest BCUT2D eigenvalue weighted by Crippen LogP contribution is 2.29. The molecule has 0 saturated carbocycles. The van der Waals surface area contributed by atoms with Gasteiger partial charge in [-0.25, -0.2) is 0 Å². The van der Waals surface area contributed by atoms with E-state index in [1.165, 1.54) is 34.0 Å². The zero-order valence-electron chi connectivity index (χ0n) is 11.6. The van der Waals surface area contributed by atoms with E-state index in [1.807, 2.05) is 0 Å². The molecule has 0 aliphatic carbocycles. The zero-order valence-corrected chi connectivity index (χ0v) is 13.2. The summed E-state index contributed by atoms with van der Waals surface area (Å²) in [4.78, 5) is 0. The van der Waals surface area contributed by atoms with Gasteiger partial charge in [-0.15, -0.1) is 0 Å². The third-order valence-corrected chi connectivity index (χ3v) is 4.46. The largest absolute Gasteiger partial charge is 0.313 e. The molecular formula is C15H24BrN. The van der Waals surface area contributed by atoms with Crippen LogP contribution in [-0.2, 0) is 0 Å². The van der Waals surface area contributed by atoms with Crippen molar-refractivity contribution >= 4 is 15.9 Å². The predicted molar refractivity (Wildman–Crippen MR) is 79.5 cm³/mol. The first-order valence-electron chi connectivity index (χ1n) is 6.43. The Morgan fingerprint density at radius 3 is 2.41 bits per heavy atom. The second kappa shape index (κ2) is 6.55. The molecule has 2 unspecified atom stereocenters. The number of aryl methyl sites for hydroxylation is 2. The number of benzene rings is 1. The number of halogens is 1. The van der Waals surface area contributed by atoms with Gasteiger partial charge in [0, 0.05) is 10.5 Å². The highest BCUT2D eigenvalue weighted by Gasteiger charge is 2.15. The Hall–Kier alpha value is -0.340. The van der Waals surface area contributed by atoms with Crippen LogP contribution in [0.25, 0.3) is 0 Å². The van der Waals surface area contributed by atoms with E-state index in [-0.39, 0.29) is 0 Å². The van der Waals surface area contributed by atoms with Crippen LogP contribution >= 0.6 is 15.9 Å². The molecule has 0 bridgehead atoms. The van der Waals surface area contributed by atoms with Crippen LogP contribution in [-0.4, -0.2) is 7.05 Å². The van der Waals surface area contributed by atoms with Gasteiger partial charge in [0.15, 0.2) is 0 Å². The number of nitrogens with one attached hydrogen (secondary N) is 1. The second-order valence-corrected chi connectivity index (χ2v) is 5.90. The van der Waals surface area contributed by atoms with Crippen LogP contribution in [0.2, 0.25) is 0 Å². The Balaban J connectivity index is 2.99. The Labute approximate surface area is 114 Å². The van der Waals surface area contributed by atoms with E-state index in [4.69, 9.17) is 0 Å². The van der Waals surface area contributed by atoms with Crippen LogP contribution in [0.5, 0.6) is 0 Å². The highest BCUT2D eigenvalue weighted by molar-refractivity contribution is 9.10. The van der Waals surface area contributed by atoms with Gasteiger partial charge >= 0.3 is 0 Å². The van der Waals surface area contributed by atoms with Crippen molar-refractivity contribution in [1.82, 2.24) is 5.32 Å². The number of hydrogen-bond donors (Lipinski definition) is 1. The van der Waals surface area contributed by atoms with Gasteiger partial charge in [-0.1, -0.05) is 42.3 Å². The molecule has 2 atom stereocenters. The van der Waals surface area contributed by atoms with Gasteiger partial charge in [0.2, 0.25) is 0 Å². The van der Waals surface area contributed by atoms with Crippen molar-refractivity contribution in [2.75, 3.05) is 7.05 Å². The molecule has 96 valence electrons. The molecule has 0 amide bonds. The maximum absolute atomic E-state index is 3.60. The molecule has 0 aliphatic rings. The fraction of sp³-hybridized carbons (Fsp3) is 0.600. The zero-order chi connectivity index (χ0) is 13.0. The minimum atomic E-state index is 0.469. The molecule has 0 spiro atoms. The lowest BCUT2D eigenvalue weighted by atomic mass is 9.91. The maximum Gasteiger partial charge on any atom is 0.0322 e. The lowest BCUT2D eigenvalue weighted by Gasteiger charge is -2.23.